The molecule has 0 saturated carbocycles. The van der Waals surface area contributed by atoms with Crippen molar-refractivity contribution in [2.24, 2.45) is 5.73 Å². The molecule has 1 aromatic rings. The number of nitrogens with two attached hydrogens (primary N) is 1. The van der Waals surface area contributed by atoms with E-state index in [0.717, 1.165) is 6.07 Å². The molecule has 0 aliphatic rings. The van der Waals surface area contributed by atoms with Crippen molar-refractivity contribution in [2.45, 2.75) is 6.18 Å². The molecular formula is C9H10BF3N2O3. The predicted molar refractivity (Wildman–Crippen MR) is 59.0 cm³/mol. The van der Waals surface area contributed by atoms with E-state index in [2.05, 4.69) is 5.32 Å². The number of alkyl halides is 3. The van der Waals surface area contributed by atoms with E-state index in [0.29, 0.717) is 12.1 Å². The molecule has 5 nitrogen and oxygen atoms in total. The van der Waals surface area contributed by atoms with Crippen molar-refractivity contribution in [1.29, 1.82) is 0 Å². The summed E-state index contributed by atoms with van der Waals surface area (Å²) in [6.07, 6.45) is -4.66. The molecule has 0 bridgehead atoms. The highest BCUT2D eigenvalue weighted by Gasteiger charge is 2.32. The fraction of sp³-hybridized carbons (Fsp3) is 0.222. The lowest BCUT2D eigenvalue weighted by Crippen LogP contribution is -2.32. The number of benzene rings is 1. The number of carbonyl (C=O) groups is 1. The Morgan fingerprint density at radius 2 is 1.94 bits per heavy atom. The van der Waals surface area contributed by atoms with Gasteiger partial charge in [0.15, 0.2) is 0 Å². The normalized spacial score (nSPS) is 11.2. The van der Waals surface area contributed by atoms with Crippen LogP contribution < -0.4 is 16.5 Å². The Morgan fingerprint density at radius 1 is 1.33 bits per heavy atom. The van der Waals surface area contributed by atoms with E-state index in [1.807, 2.05) is 0 Å². The Balaban J connectivity index is 3.18. The van der Waals surface area contributed by atoms with E-state index in [-0.39, 0.29) is 11.2 Å². The summed E-state index contributed by atoms with van der Waals surface area (Å²) in [4.78, 5) is 11.0. The molecule has 0 aromatic heterocycles. The molecular weight excluding hydrogens is 252 g/mol. The van der Waals surface area contributed by atoms with E-state index in [4.69, 9.17) is 15.8 Å². The van der Waals surface area contributed by atoms with E-state index >= 15 is 0 Å². The zero-order chi connectivity index (χ0) is 13.9. The Morgan fingerprint density at radius 3 is 2.39 bits per heavy atom. The maximum Gasteiger partial charge on any atom is 0.488 e. The van der Waals surface area contributed by atoms with Crippen LogP contribution in [-0.4, -0.2) is 29.6 Å². The Kier molecular flexibility index (Phi) is 4.33. The van der Waals surface area contributed by atoms with Gasteiger partial charge in [-0.1, -0.05) is 6.07 Å². The lowest BCUT2D eigenvalue weighted by Gasteiger charge is -2.12. The molecule has 0 saturated heterocycles. The second kappa shape index (κ2) is 5.38. The maximum atomic E-state index is 12.5. The summed E-state index contributed by atoms with van der Waals surface area (Å²) in [7, 11) is -2.07. The summed E-state index contributed by atoms with van der Waals surface area (Å²) in [5.41, 5.74) is 3.33. The minimum Gasteiger partial charge on any atom is -0.423 e. The quantitative estimate of drug-likeness (QED) is 0.541. The van der Waals surface area contributed by atoms with Crippen LogP contribution >= 0.6 is 0 Å². The largest absolute Gasteiger partial charge is 0.488 e. The minimum atomic E-state index is -4.66. The fourth-order valence-electron chi connectivity index (χ4n) is 1.25. The molecule has 0 aliphatic carbocycles. The Labute approximate surface area is 101 Å². The smallest absolute Gasteiger partial charge is 0.423 e. The van der Waals surface area contributed by atoms with Crippen molar-refractivity contribution < 1.29 is 28.0 Å². The van der Waals surface area contributed by atoms with Crippen LogP contribution in [0.3, 0.4) is 0 Å². The molecule has 5 N–H and O–H groups in total. The molecule has 98 valence electrons. The first kappa shape index (κ1) is 14.5. The summed E-state index contributed by atoms with van der Waals surface area (Å²) in [5, 5.41) is 19.9. The SMILES string of the molecule is NCC(=O)Nc1cc(B(O)O)cc(C(F)(F)F)c1. The van der Waals surface area contributed by atoms with Gasteiger partial charge in [0.1, 0.15) is 0 Å². The van der Waals surface area contributed by atoms with Crippen molar-refractivity contribution in [2.75, 3.05) is 11.9 Å². The average Bonchev–Trinajstić information content (AvgIpc) is 2.27. The lowest BCUT2D eigenvalue weighted by molar-refractivity contribution is -0.137. The van der Waals surface area contributed by atoms with E-state index < -0.39 is 31.3 Å². The minimum absolute atomic E-state index is 0.205. The summed E-state index contributed by atoms with van der Waals surface area (Å²) in [6.45, 7) is -0.396. The molecule has 0 fully saturated rings. The monoisotopic (exact) mass is 262 g/mol. The molecule has 0 radical (unpaired) electrons. The summed E-state index contributed by atoms with van der Waals surface area (Å²) >= 11 is 0. The van der Waals surface area contributed by atoms with Crippen molar-refractivity contribution in [3.63, 3.8) is 0 Å². The van der Waals surface area contributed by atoms with Gasteiger partial charge in [-0.2, -0.15) is 13.2 Å². The van der Waals surface area contributed by atoms with Crippen LogP contribution in [0.25, 0.3) is 0 Å². The van der Waals surface area contributed by atoms with Gasteiger partial charge in [-0.25, -0.2) is 0 Å². The van der Waals surface area contributed by atoms with E-state index in [1.165, 1.54) is 0 Å². The van der Waals surface area contributed by atoms with E-state index in [1.54, 1.807) is 0 Å². The van der Waals surface area contributed by atoms with Gasteiger partial charge in [0.2, 0.25) is 5.91 Å². The number of rotatable bonds is 3. The van der Waals surface area contributed by atoms with Crippen molar-refractivity contribution in [1.82, 2.24) is 0 Å². The summed E-state index contributed by atoms with van der Waals surface area (Å²) in [6, 6.07) is 2.29. The molecule has 0 spiro atoms. The van der Waals surface area contributed by atoms with Gasteiger partial charge in [-0.15, -0.1) is 0 Å². The van der Waals surface area contributed by atoms with Crippen LogP contribution in [0.1, 0.15) is 5.56 Å². The zero-order valence-electron chi connectivity index (χ0n) is 9.03. The first-order valence-electron chi connectivity index (χ1n) is 4.82. The predicted octanol–water partition coefficient (Wildman–Crippen LogP) is -0.718. The third kappa shape index (κ3) is 3.72. The topological polar surface area (TPSA) is 95.6 Å². The average molecular weight is 262 g/mol. The molecule has 0 unspecified atom stereocenters. The van der Waals surface area contributed by atoms with Crippen molar-refractivity contribution in [3.8, 4) is 0 Å². The van der Waals surface area contributed by atoms with Crippen LogP contribution in [0.4, 0.5) is 18.9 Å². The lowest BCUT2D eigenvalue weighted by atomic mass is 9.79. The Bertz CT molecular complexity index is 451. The molecule has 0 heterocycles. The van der Waals surface area contributed by atoms with Crippen LogP contribution in [0.2, 0.25) is 0 Å². The highest BCUT2D eigenvalue weighted by atomic mass is 19.4. The molecule has 1 aromatic carbocycles. The van der Waals surface area contributed by atoms with Gasteiger partial charge >= 0.3 is 13.3 Å². The second-order valence-electron chi connectivity index (χ2n) is 3.47. The van der Waals surface area contributed by atoms with Crippen molar-refractivity contribution in [3.05, 3.63) is 23.8 Å². The Hall–Kier alpha value is -1.58. The number of anilines is 1. The van der Waals surface area contributed by atoms with Gasteiger partial charge in [0.05, 0.1) is 12.1 Å². The third-order valence-corrected chi connectivity index (χ3v) is 2.05. The van der Waals surface area contributed by atoms with Crippen LogP contribution in [0.15, 0.2) is 18.2 Å². The molecule has 0 atom stereocenters. The van der Waals surface area contributed by atoms with Gasteiger partial charge in [0.25, 0.3) is 0 Å². The molecule has 18 heavy (non-hydrogen) atoms. The molecule has 1 amide bonds. The number of carbonyl (C=O) groups excluding carboxylic acids is 1. The van der Waals surface area contributed by atoms with Crippen LogP contribution in [0, 0.1) is 0 Å². The first-order chi connectivity index (χ1) is 8.24. The fourth-order valence-corrected chi connectivity index (χ4v) is 1.25. The van der Waals surface area contributed by atoms with Gasteiger partial charge in [-0.3, -0.25) is 4.79 Å². The van der Waals surface area contributed by atoms with Crippen LogP contribution in [-0.2, 0) is 11.0 Å². The van der Waals surface area contributed by atoms with Gasteiger partial charge in [0, 0.05) is 5.69 Å². The summed E-state index contributed by atoms with van der Waals surface area (Å²) in [5.74, 6) is -0.687. The number of nitrogens with one attached hydrogen (secondary N) is 1. The maximum absolute atomic E-state index is 12.5. The van der Waals surface area contributed by atoms with Crippen molar-refractivity contribution >= 4 is 24.2 Å². The van der Waals surface area contributed by atoms with Crippen LogP contribution in [0.5, 0.6) is 0 Å². The zero-order valence-corrected chi connectivity index (χ0v) is 9.03. The van der Waals surface area contributed by atoms with Gasteiger partial charge < -0.3 is 21.1 Å². The number of amides is 1. The first-order valence-corrected chi connectivity index (χ1v) is 4.82. The highest BCUT2D eigenvalue weighted by molar-refractivity contribution is 6.58. The molecule has 9 heteroatoms. The standard InChI is InChI=1S/C9H10BF3N2O3/c11-9(12,13)5-1-6(10(17)18)3-7(2-5)15-8(16)4-14/h1-3,17-18H,4,14H2,(H,15,16). The molecule has 1 rings (SSSR count). The number of halogens is 3. The van der Waals surface area contributed by atoms with E-state index in [9.17, 15) is 18.0 Å². The third-order valence-electron chi connectivity index (χ3n) is 2.05. The van der Waals surface area contributed by atoms with Gasteiger partial charge in [-0.05, 0) is 17.6 Å². The number of hydrogen-bond donors (Lipinski definition) is 4. The highest BCUT2D eigenvalue weighted by Crippen LogP contribution is 2.30. The summed E-state index contributed by atoms with van der Waals surface area (Å²) < 4.78 is 37.6. The number of hydrogen-bond acceptors (Lipinski definition) is 4. The molecule has 0 aliphatic heterocycles. The second-order valence-corrected chi connectivity index (χ2v) is 3.47.